The number of hydrogen-bond donors (Lipinski definition) is 2. The summed E-state index contributed by atoms with van der Waals surface area (Å²) in [6.07, 6.45) is 7.51. The van der Waals surface area contributed by atoms with Gasteiger partial charge in [0, 0.05) is 39.6 Å². The molecule has 13 heteroatoms. The van der Waals surface area contributed by atoms with Gasteiger partial charge < -0.3 is 20.3 Å². The lowest BCUT2D eigenvalue weighted by atomic mass is 9.86. The van der Waals surface area contributed by atoms with Gasteiger partial charge in [-0.05, 0) is 88.7 Å². The van der Waals surface area contributed by atoms with Crippen LogP contribution < -0.4 is 15.4 Å². The summed E-state index contributed by atoms with van der Waals surface area (Å²) in [5, 5.41) is 10.1. The molecule has 3 heterocycles. The van der Waals surface area contributed by atoms with Crippen LogP contribution in [0.1, 0.15) is 56.6 Å². The van der Waals surface area contributed by atoms with Crippen molar-refractivity contribution >= 4 is 44.6 Å². The summed E-state index contributed by atoms with van der Waals surface area (Å²) in [4.78, 5) is 13.5. The molecule has 1 saturated carbocycles. The van der Waals surface area contributed by atoms with Gasteiger partial charge in [-0.1, -0.05) is 18.2 Å². The van der Waals surface area contributed by atoms with Crippen molar-refractivity contribution in [2.45, 2.75) is 68.8 Å². The number of likely N-dealkylation sites (tertiary alicyclic amines) is 1. The normalized spacial score (nSPS) is 16.3. The van der Waals surface area contributed by atoms with Crippen LogP contribution >= 0.6 is 11.6 Å². The number of aryl methyl sites for hydroxylation is 2. The number of sulfone groups is 1. The molecule has 1 aliphatic carbocycles. The molecule has 44 heavy (non-hydrogen) atoms. The number of hydrogen-bond acceptors (Lipinski definition) is 10. The molecule has 1 aromatic carbocycles. The predicted octanol–water partition coefficient (Wildman–Crippen LogP) is 5.64. The molecule has 0 radical (unpaired) electrons. The van der Waals surface area contributed by atoms with Crippen molar-refractivity contribution in [1.82, 2.24) is 29.5 Å². The van der Waals surface area contributed by atoms with Gasteiger partial charge in [0.05, 0.1) is 28.9 Å². The fourth-order valence-corrected chi connectivity index (χ4v) is 6.49. The number of piperidine rings is 1. The van der Waals surface area contributed by atoms with Gasteiger partial charge in [-0.3, -0.25) is 9.58 Å². The Kier molecular flexibility index (Phi) is 9.43. The summed E-state index contributed by atoms with van der Waals surface area (Å²) >= 11 is 6.45. The van der Waals surface area contributed by atoms with Gasteiger partial charge in [-0.2, -0.15) is 10.1 Å². The highest BCUT2D eigenvalue weighted by atomic mass is 35.5. The molecule has 11 nitrogen and oxygen atoms in total. The van der Waals surface area contributed by atoms with Crippen LogP contribution in [0.15, 0.2) is 41.8 Å². The molecule has 1 saturated heterocycles. The maximum atomic E-state index is 12.9. The highest BCUT2D eigenvalue weighted by Gasteiger charge is 2.29. The Balaban J connectivity index is 1.37. The van der Waals surface area contributed by atoms with E-state index in [9.17, 15) is 8.42 Å². The van der Waals surface area contributed by atoms with Crippen molar-refractivity contribution in [3.63, 3.8) is 0 Å². The second-order valence-corrected chi connectivity index (χ2v) is 15.1. The Bertz CT molecular complexity index is 1630. The lowest BCUT2D eigenvalue weighted by Crippen LogP contribution is -2.36. The Morgan fingerprint density at radius 1 is 1.16 bits per heavy atom. The molecular weight excluding hydrogens is 600 g/mol. The lowest BCUT2D eigenvalue weighted by Gasteiger charge is -2.34. The van der Waals surface area contributed by atoms with E-state index in [2.05, 4.69) is 61.1 Å². The zero-order chi connectivity index (χ0) is 31.8. The molecule has 0 bridgehead atoms. The summed E-state index contributed by atoms with van der Waals surface area (Å²) < 4.78 is 33.7. The molecule has 2 aromatic heterocycles. The average Bonchev–Trinajstić information content (AvgIpc) is 3.71. The van der Waals surface area contributed by atoms with Crippen molar-refractivity contribution in [3.8, 4) is 5.75 Å². The van der Waals surface area contributed by atoms with Crippen LogP contribution in [-0.4, -0.2) is 83.0 Å². The van der Waals surface area contributed by atoms with E-state index < -0.39 is 15.1 Å². The molecule has 0 amide bonds. The van der Waals surface area contributed by atoms with E-state index in [1.54, 1.807) is 27.1 Å². The third-order valence-electron chi connectivity index (χ3n) is 8.18. The van der Waals surface area contributed by atoms with Crippen LogP contribution in [0.25, 0.3) is 0 Å². The summed E-state index contributed by atoms with van der Waals surface area (Å²) in [5.74, 6) is 1.80. The molecule has 0 atom stereocenters. The zero-order valence-corrected chi connectivity index (χ0v) is 28.0. The molecule has 0 spiro atoms. The second kappa shape index (κ2) is 12.9. The SMILES string of the molecule is C=C(CN1CCC(c2cc(OC3CC3)c(Nc3ncc(Cl)c(Nc4cn(C)nc4S(=O)(=O)C(C)C)n3)cc2C)CC1)N(C)C. The van der Waals surface area contributed by atoms with Crippen molar-refractivity contribution in [2.75, 3.05) is 44.4 Å². The Hall–Kier alpha value is -3.35. The number of nitrogens with one attached hydrogen (secondary N) is 2. The van der Waals surface area contributed by atoms with Gasteiger partial charge >= 0.3 is 0 Å². The fraction of sp³-hybridized carbons (Fsp3) is 0.516. The number of halogens is 1. The van der Waals surface area contributed by atoms with Gasteiger partial charge in [-0.15, -0.1) is 0 Å². The second-order valence-electron chi connectivity index (χ2n) is 12.3. The van der Waals surface area contributed by atoms with Crippen LogP contribution in [0.4, 0.5) is 23.1 Å². The maximum Gasteiger partial charge on any atom is 0.229 e. The third-order valence-corrected chi connectivity index (χ3v) is 10.5. The number of aromatic nitrogens is 4. The number of anilines is 4. The molecule has 0 unspecified atom stereocenters. The molecule has 238 valence electrons. The molecule has 2 N–H and O–H groups in total. The van der Waals surface area contributed by atoms with Crippen LogP contribution in [0.2, 0.25) is 5.02 Å². The monoisotopic (exact) mass is 642 g/mol. The first-order valence-electron chi connectivity index (χ1n) is 15.0. The van der Waals surface area contributed by atoms with Crippen LogP contribution in [0, 0.1) is 6.92 Å². The van der Waals surface area contributed by atoms with Crippen LogP contribution in [-0.2, 0) is 16.9 Å². The first kappa shape index (κ1) is 32.1. The van der Waals surface area contributed by atoms with Crippen LogP contribution in [0.3, 0.4) is 0 Å². The van der Waals surface area contributed by atoms with Crippen molar-refractivity contribution in [2.24, 2.45) is 7.05 Å². The topological polar surface area (TPSA) is 118 Å². The maximum absolute atomic E-state index is 12.9. The molecule has 3 aromatic rings. The Morgan fingerprint density at radius 3 is 2.50 bits per heavy atom. The lowest BCUT2D eigenvalue weighted by molar-refractivity contribution is 0.215. The minimum Gasteiger partial charge on any atom is -0.488 e. The first-order chi connectivity index (χ1) is 20.8. The number of likely N-dealkylation sites (N-methyl/N-ethyl adjacent to an activating group) is 1. The standard InChI is InChI=1S/C31H43ClN8O3S/c1-19(2)44(41,42)30-27(18-39(7)37-30)34-29-25(32)16-33-31(36-29)35-26-14-20(3)24(15-28(26)43-23-8-9-23)22-10-12-40(13-11-22)17-21(4)38(5)6/h14-16,18-19,22-23H,4,8-13,17H2,1-3,5-7H3,(H2,33,34,35,36). The van der Waals surface area contributed by atoms with E-state index in [1.165, 1.54) is 22.0 Å². The minimum absolute atomic E-state index is 0.0565. The molecule has 2 fully saturated rings. The molecular formula is C31H43ClN8O3S. The number of ether oxygens (including phenoxy) is 1. The number of benzene rings is 1. The smallest absolute Gasteiger partial charge is 0.229 e. The van der Waals surface area contributed by atoms with Gasteiger partial charge in [0.25, 0.3) is 0 Å². The first-order valence-corrected chi connectivity index (χ1v) is 17.0. The van der Waals surface area contributed by atoms with Gasteiger partial charge in [0.2, 0.25) is 20.8 Å². The molecule has 1 aliphatic heterocycles. The highest BCUT2D eigenvalue weighted by Crippen LogP contribution is 2.40. The predicted molar refractivity (Wildman–Crippen MR) is 175 cm³/mol. The van der Waals surface area contributed by atoms with Gasteiger partial charge in [0.15, 0.2) is 5.82 Å². The fourth-order valence-electron chi connectivity index (χ4n) is 5.26. The summed E-state index contributed by atoms with van der Waals surface area (Å²) in [6.45, 7) is 12.5. The Morgan fingerprint density at radius 2 is 1.86 bits per heavy atom. The van der Waals surface area contributed by atoms with E-state index in [4.69, 9.17) is 16.3 Å². The summed E-state index contributed by atoms with van der Waals surface area (Å²) in [7, 11) is 2.10. The van der Waals surface area contributed by atoms with E-state index in [-0.39, 0.29) is 22.0 Å². The largest absolute Gasteiger partial charge is 0.488 e. The van der Waals surface area contributed by atoms with Gasteiger partial charge in [-0.25, -0.2) is 13.4 Å². The van der Waals surface area contributed by atoms with Crippen molar-refractivity contribution in [3.05, 3.63) is 53.0 Å². The summed E-state index contributed by atoms with van der Waals surface area (Å²) in [5.41, 5.74) is 4.68. The Labute approximate surface area is 265 Å². The number of nitrogens with zero attached hydrogens (tertiary/aromatic N) is 6. The quantitative estimate of drug-likeness (QED) is 0.257. The van der Waals surface area contributed by atoms with E-state index in [1.807, 2.05) is 14.1 Å². The zero-order valence-electron chi connectivity index (χ0n) is 26.4. The molecule has 5 rings (SSSR count). The summed E-state index contributed by atoms with van der Waals surface area (Å²) in [6, 6.07) is 4.29. The van der Waals surface area contributed by atoms with E-state index in [0.29, 0.717) is 17.6 Å². The van der Waals surface area contributed by atoms with Gasteiger partial charge in [0.1, 0.15) is 10.8 Å². The van der Waals surface area contributed by atoms with Crippen molar-refractivity contribution in [1.29, 1.82) is 0 Å². The third kappa shape index (κ3) is 7.30. The average molecular weight is 643 g/mol. The molecule has 2 aliphatic rings. The minimum atomic E-state index is -3.64. The van der Waals surface area contributed by atoms with E-state index >= 15 is 0 Å². The van der Waals surface area contributed by atoms with Crippen LogP contribution in [0.5, 0.6) is 5.75 Å². The highest BCUT2D eigenvalue weighted by molar-refractivity contribution is 7.92. The van der Waals surface area contributed by atoms with Crippen molar-refractivity contribution < 1.29 is 13.2 Å². The number of rotatable bonds is 12. The van der Waals surface area contributed by atoms with E-state index in [0.717, 1.165) is 62.5 Å².